The van der Waals surface area contributed by atoms with Gasteiger partial charge in [0.1, 0.15) is 12.3 Å². The summed E-state index contributed by atoms with van der Waals surface area (Å²) in [4.78, 5) is 33.5. The van der Waals surface area contributed by atoms with Crippen molar-refractivity contribution in [1.82, 2.24) is 5.32 Å². The van der Waals surface area contributed by atoms with E-state index in [1.165, 1.54) is 12.1 Å². The van der Waals surface area contributed by atoms with Gasteiger partial charge in [-0.2, -0.15) is 13.2 Å². The minimum Gasteiger partial charge on any atom is -0.475 e. The summed E-state index contributed by atoms with van der Waals surface area (Å²) >= 11 is 6.31. The molecule has 0 spiro atoms. The summed E-state index contributed by atoms with van der Waals surface area (Å²) in [6.45, 7) is 2.52. The lowest BCUT2D eigenvalue weighted by atomic mass is 10.1. The van der Waals surface area contributed by atoms with Crippen molar-refractivity contribution >= 4 is 50.7 Å². The molecule has 6 N–H and O–H groups in total. The van der Waals surface area contributed by atoms with Crippen LogP contribution >= 0.6 is 11.6 Å². The number of hydrogen-bond donors (Lipinski definition) is 5. The number of benzene rings is 2. The third-order valence-electron chi connectivity index (χ3n) is 5.79. The summed E-state index contributed by atoms with van der Waals surface area (Å²) in [5.41, 5.74) is 7.01. The minimum absolute atomic E-state index is 0.0681. The van der Waals surface area contributed by atoms with E-state index in [-0.39, 0.29) is 15.8 Å². The van der Waals surface area contributed by atoms with Crippen molar-refractivity contribution in [2.75, 3.05) is 18.5 Å². The normalized spacial score (nSPS) is 14.7. The minimum atomic E-state index is -5.08. The average molecular weight is 621 g/mol. The highest BCUT2D eigenvalue weighted by Crippen LogP contribution is 2.31. The first-order chi connectivity index (χ1) is 19.0. The molecular formula is C25H28ClF3N4O7S. The second kappa shape index (κ2) is 14.3. The number of nitrogens with one attached hydrogen (secondary N) is 3. The first kappa shape index (κ1) is 33.5. The number of nitrogens with two attached hydrogens (primary N) is 1. The summed E-state index contributed by atoms with van der Waals surface area (Å²) in [5, 5.41) is 19.4. The van der Waals surface area contributed by atoms with E-state index in [9.17, 15) is 31.2 Å². The van der Waals surface area contributed by atoms with Crippen LogP contribution in [0.3, 0.4) is 0 Å². The number of alkyl halides is 3. The molecule has 224 valence electrons. The van der Waals surface area contributed by atoms with Gasteiger partial charge in [-0.25, -0.2) is 13.2 Å². The van der Waals surface area contributed by atoms with Gasteiger partial charge in [0.15, 0.2) is 9.84 Å². The van der Waals surface area contributed by atoms with E-state index in [0.717, 1.165) is 0 Å². The maximum Gasteiger partial charge on any atom is 0.490 e. The van der Waals surface area contributed by atoms with Gasteiger partial charge in [-0.15, -0.1) is 0 Å². The molecule has 1 aliphatic rings. The lowest BCUT2D eigenvalue weighted by molar-refractivity contribution is -0.192. The quantitative estimate of drug-likeness (QED) is 0.168. The number of hydrogen-bond acceptors (Lipinski definition) is 7. The maximum atomic E-state index is 12.9. The molecular weight excluding hydrogens is 593 g/mol. The third kappa shape index (κ3) is 10.0. The fourth-order valence-electron chi connectivity index (χ4n) is 3.64. The molecule has 16 heteroatoms. The Bertz CT molecular complexity index is 1380. The van der Waals surface area contributed by atoms with E-state index in [2.05, 4.69) is 10.6 Å². The number of amides is 2. The van der Waals surface area contributed by atoms with Crippen molar-refractivity contribution in [1.29, 1.82) is 5.41 Å². The van der Waals surface area contributed by atoms with Crippen LogP contribution in [0, 0.1) is 5.41 Å². The second-order valence-electron chi connectivity index (χ2n) is 8.85. The van der Waals surface area contributed by atoms with E-state index < -0.39 is 51.5 Å². The molecule has 1 aliphatic heterocycles. The molecule has 41 heavy (non-hydrogen) atoms. The number of ether oxygens (including phenoxy) is 1. The predicted molar refractivity (Wildman–Crippen MR) is 143 cm³/mol. The third-order valence-corrected chi connectivity index (χ3v) is 8.53. The first-order valence-electron chi connectivity index (χ1n) is 12.0. The number of carbonyl (C=O) groups excluding carboxylic acids is 2. The molecule has 11 nitrogen and oxygen atoms in total. The molecule has 0 aromatic heterocycles. The van der Waals surface area contributed by atoms with Crippen molar-refractivity contribution in [3.63, 3.8) is 0 Å². The Hall–Kier alpha value is -3.69. The molecule has 2 aromatic carbocycles. The van der Waals surface area contributed by atoms with Gasteiger partial charge in [-0.05, 0) is 61.7 Å². The maximum absolute atomic E-state index is 12.9. The number of anilines is 1. The van der Waals surface area contributed by atoms with Crippen molar-refractivity contribution in [2.24, 2.45) is 5.73 Å². The summed E-state index contributed by atoms with van der Waals surface area (Å²) in [6.07, 6.45) is -4.63. The molecule has 0 bridgehead atoms. The van der Waals surface area contributed by atoms with Crippen molar-refractivity contribution in [3.8, 4) is 0 Å². The zero-order chi connectivity index (χ0) is 31.0. The van der Waals surface area contributed by atoms with Gasteiger partial charge in [0.2, 0.25) is 11.8 Å². The largest absolute Gasteiger partial charge is 0.490 e. The van der Waals surface area contributed by atoms with Crippen molar-refractivity contribution in [2.45, 2.75) is 48.5 Å². The van der Waals surface area contributed by atoms with E-state index >= 15 is 0 Å². The highest BCUT2D eigenvalue weighted by molar-refractivity contribution is 7.92. The van der Waals surface area contributed by atoms with Crippen LogP contribution in [-0.2, 0) is 29.0 Å². The SMILES string of the molecule is CC(NC(=O)CC(=O)Nc1ccc(C(=N)N)cc1)c1ccc(S(=O)(=O)C2CCOCC2)c(Cl)c1.O=C(O)C(F)(F)F. The van der Waals surface area contributed by atoms with Gasteiger partial charge in [-0.1, -0.05) is 17.7 Å². The summed E-state index contributed by atoms with van der Waals surface area (Å²) in [6, 6.07) is 10.5. The Morgan fingerprint density at radius 3 is 2.17 bits per heavy atom. The zero-order valence-electron chi connectivity index (χ0n) is 21.6. The van der Waals surface area contributed by atoms with Crippen LogP contribution in [0.15, 0.2) is 47.4 Å². The Balaban J connectivity index is 0.000000745. The fraction of sp³-hybridized carbons (Fsp3) is 0.360. The number of carboxylic acids is 1. The zero-order valence-corrected chi connectivity index (χ0v) is 23.2. The first-order valence-corrected chi connectivity index (χ1v) is 13.9. The molecule has 1 atom stereocenters. The Kier molecular flexibility index (Phi) is 11.7. The van der Waals surface area contributed by atoms with E-state index in [1.54, 1.807) is 37.3 Å². The second-order valence-corrected chi connectivity index (χ2v) is 11.5. The van der Waals surface area contributed by atoms with Gasteiger partial charge in [-0.3, -0.25) is 15.0 Å². The van der Waals surface area contributed by atoms with Gasteiger partial charge < -0.3 is 26.2 Å². The molecule has 1 fully saturated rings. The van der Waals surface area contributed by atoms with Crippen LogP contribution in [0.25, 0.3) is 0 Å². The highest BCUT2D eigenvalue weighted by Gasteiger charge is 2.38. The van der Waals surface area contributed by atoms with E-state index in [4.69, 9.17) is 37.4 Å². The van der Waals surface area contributed by atoms with Gasteiger partial charge >= 0.3 is 12.1 Å². The van der Waals surface area contributed by atoms with Crippen molar-refractivity contribution in [3.05, 3.63) is 58.6 Å². The van der Waals surface area contributed by atoms with Crippen LogP contribution in [-0.4, -0.2) is 61.8 Å². The molecule has 3 rings (SSSR count). The van der Waals surface area contributed by atoms with Crippen LogP contribution in [0.2, 0.25) is 5.02 Å². The number of halogens is 4. The standard InChI is InChI=1S/C23H27ClN4O5S.C2HF3O2/c1-14(27-21(29)13-22(30)28-17-5-2-15(3-6-17)23(25)26)16-4-7-20(19(24)12-16)34(31,32)18-8-10-33-11-9-18;3-2(4,5)1(6)7/h2-7,12,14,18H,8-11,13H2,1H3,(H3,25,26)(H,27,29)(H,28,30);(H,6,7). The number of rotatable bonds is 8. The molecule has 0 saturated carbocycles. The number of sulfone groups is 1. The van der Waals surface area contributed by atoms with Gasteiger partial charge in [0, 0.05) is 24.5 Å². The Morgan fingerprint density at radius 1 is 1.12 bits per heavy atom. The summed E-state index contributed by atoms with van der Waals surface area (Å²) in [5.74, 6) is -3.84. The molecule has 0 aliphatic carbocycles. The average Bonchev–Trinajstić information content (AvgIpc) is 2.88. The van der Waals surface area contributed by atoms with Crippen LogP contribution in [0.4, 0.5) is 18.9 Å². The lowest BCUT2D eigenvalue weighted by Crippen LogP contribution is -2.30. The van der Waals surface area contributed by atoms with E-state index in [0.29, 0.717) is 42.9 Å². The molecule has 2 aromatic rings. The van der Waals surface area contributed by atoms with Gasteiger partial charge in [0.25, 0.3) is 0 Å². The van der Waals surface area contributed by atoms with Gasteiger partial charge in [0.05, 0.1) is 21.2 Å². The Labute approximate surface area is 238 Å². The fourth-order valence-corrected chi connectivity index (χ4v) is 5.92. The topological polar surface area (TPSA) is 189 Å². The molecule has 1 unspecified atom stereocenters. The summed E-state index contributed by atoms with van der Waals surface area (Å²) < 4.78 is 62.8. The number of nitrogen functional groups attached to an aromatic ring is 1. The predicted octanol–water partition coefficient (Wildman–Crippen LogP) is 3.42. The van der Waals surface area contributed by atoms with E-state index in [1.807, 2.05) is 0 Å². The van der Waals surface area contributed by atoms with Crippen LogP contribution in [0.5, 0.6) is 0 Å². The molecule has 0 radical (unpaired) electrons. The summed E-state index contributed by atoms with van der Waals surface area (Å²) in [7, 11) is -3.58. The molecule has 2 amide bonds. The van der Waals surface area contributed by atoms with Crippen LogP contribution < -0.4 is 16.4 Å². The van der Waals surface area contributed by atoms with Crippen molar-refractivity contribution < 1.29 is 45.8 Å². The smallest absolute Gasteiger partial charge is 0.475 e. The lowest BCUT2D eigenvalue weighted by Gasteiger charge is -2.23. The van der Waals surface area contributed by atoms with Crippen LogP contribution in [0.1, 0.15) is 43.4 Å². The number of carboxylic acid groups (broad SMARTS) is 1. The molecule has 1 heterocycles. The number of amidine groups is 1. The number of aliphatic carboxylic acids is 1. The Morgan fingerprint density at radius 2 is 1.68 bits per heavy atom. The monoisotopic (exact) mass is 620 g/mol. The number of carbonyl (C=O) groups is 3. The molecule has 1 saturated heterocycles. The highest BCUT2D eigenvalue weighted by atomic mass is 35.5.